The van der Waals surface area contributed by atoms with Gasteiger partial charge >= 0.3 is 0 Å². The van der Waals surface area contributed by atoms with Crippen molar-refractivity contribution in [2.24, 2.45) is 0 Å². The van der Waals surface area contributed by atoms with Crippen molar-refractivity contribution in [3.8, 4) is 23.0 Å². The topological polar surface area (TPSA) is 124 Å². The second-order valence-corrected chi connectivity index (χ2v) is 10.4. The fraction of sp³-hybridized carbons (Fsp3) is 0.147. The Labute approximate surface area is 265 Å². The van der Waals surface area contributed by atoms with Crippen molar-refractivity contribution >= 4 is 46.9 Å². The molecule has 4 aromatic rings. The zero-order chi connectivity index (χ0) is 32.2. The van der Waals surface area contributed by atoms with Gasteiger partial charge in [0.2, 0.25) is 5.91 Å². The van der Waals surface area contributed by atoms with Gasteiger partial charge < -0.3 is 34.9 Å². The van der Waals surface area contributed by atoms with Crippen LogP contribution in [-0.4, -0.2) is 51.9 Å². The lowest BCUT2D eigenvalue weighted by atomic mass is 10.1. The van der Waals surface area contributed by atoms with E-state index in [1.807, 2.05) is 6.07 Å². The van der Waals surface area contributed by atoms with Crippen LogP contribution in [0.3, 0.4) is 0 Å². The van der Waals surface area contributed by atoms with Gasteiger partial charge in [-0.1, -0.05) is 24.3 Å². The number of rotatable bonds is 13. The van der Waals surface area contributed by atoms with Crippen molar-refractivity contribution in [3.05, 3.63) is 108 Å². The number of nitrogens with one attached hydrogen (secondary N) is 3. The molecule has 11 heteroatoms. The number of methoxy groups -OCH3 is 4. The van der Waals surface area contributed by atoms with Crippen LogP contribution in [0, 0.1) is 0 Å². The summed E-state index contributed by atoms with van der Waals surface area (Å²) in [6.45, 7) is 0. The Morgan fingerprint density at radius 2 is 1.42 bits per heavy atom. The number of thioether (sulfide) groups is 1. The van der Waals surface area contributed by atoms with Crippen molar-refractivity contribution in [1.29, 1.82) is 0 Å². The van der Waals surface area contributed by atoms with E-state index in [9.17, 15) is 14.4 Å². The molecule has 4 aromatic carbocycles. The standard InChI is InChI=1S/C34H33N3O7S/c1-41-25-14-16-30(43-3)23(17-25)18-29(37-33(39)22-9-6-5-7-10-22)34(40)35-24-11-8-12-27(19-24)45-21-32(38)36-28-15-13-26(42-2)20-31(28)44-4/h5-20H,21H2,1-4H3,(H,35,40)(H,36,38)(H,37,39)/b29-18+. The van der Waals surface area contributed by atoms with Crippen LogP contribution >= 0.6 is 11.8 Å². The number of ether oxygens (including phenoxy) is 4. The van der Waals surface area contributed by atoms with Gasteiger partial charge in [-0.3, -0.25) is 14.4 Å². The first kappa shape index (κ1) is 32.5. The van der Waals surface area contributed by atoms with E-state index in [-0.39, 0.29) is 17.4 Å². The first-order valence-electron chi connectivity index (χ1n) is 13.7. The van der Waals surface area contributed by atoms with E-state index in [2.05, 4.69) is 16.0 Å². The number of hydrogen-bond donors (Lipinski definition) is 3. The van der Waals surface area contributed by atoms with Crippen LogP contribution in [0.25, 0.3) is 6.08 Å². The van der Waals surface area contributed by atoms with Gasteiger partial charge in [-0.2, -0.15) is 0 Å². The maximum Gasteiger partial charge on any atom is 0.272 e. The van der Waals surface area contributed by atoms with E-state index in [0.29, 0.717) is 45.5 Å². The zero-order valence-electron chi connectivity index (χ0n) is 25.2. The lowest BCUT2D eigenvalue weighted by molar-refractivity contribution is -0.114. The van der Waals surface area contributed by atoms with Crippen molar-refractivity contribution < 1.29 is 33.3 Å². The molecule has 0 spiro atoms. The minimum Gasteiger partial charge on any atom is -0.497 e. The predicted octanol–water partition coefficient (Wildman–Crippen LogP) is 5.86. The molecule has 10 nitrogen and oxygen atoms in total. The van der Waals surface area contributed by atoms with Crippen molar-refractivity contribution in [1.82, 2.24) is 5.32 Å². The summed E-state index contributed by atoms with van der Waals surface area (Å²) in [7, 11) is 6.11. The van der Waals surface area contributed by atoms with Crippen LogP contribution in [0.4, 0.5) is 11.4 Å². The summed E-state index contributed by atoms with van der Waals surface area (Å²) in [6.07, 6.45) is 1.52. The van der Waals surface area contributed by atoms with E-state index in [0.717, 1.165) is 4.90 Å². The maximum absolute atomic E-state index is 13.6. The van der Waals surface area contributed by atoms with Gasteiger partial charge in [-0.25, -0.2) is 0 Å². The lowest BCUT2D eigenvalue weighted by Crippen LogP contribution is -2.30. The van der Waals surface area contributed by atoms with Crippen LogP contribution < -0.4 is 34.9 Å². The highest BCUT2D eigenvalue weighted by molar-refractivity contribution is 8.00. The molecule has 0 radical (unpaired) electrons. The molecule has 0 fully saturated rings. The summed E-state index contributed by atoms with van der Waals surface area (Å²) in [6, 6.07) is 25.9. The minimum absolute atomic E-state index is 0.0127. The van der Waals surface area contributed by atoms with Gasteiger partial charge in [0.05, 0.1) is 39.9 Å². The molecule has 4 rings (SSSR count). The van der Waals surface area contributed by atoms with Crippen LogP contribution in [-0.2, 0) is 9.59 Å². The molecule has 3 amide bonds. The van der Waals surface area contributed by atoms with Gasteiger partial charge in [0.1, 0.15) is 28.7 Å². The molecule has 3 N–H and O–H groups in total. The van der Waals surface area contributed by atoms with Gasteiger partial charge in [0.25, 0.3) is 11.8 Å². The zero-order valence-corrected chi connectivity index (χ0v) is 26.0. The molecule has 0 saturated heterocycles. The van der Waals surface area contributed by atoms with Gasteiger partial charge in [0.15, 0.2) is 0 Å². The van der Waals surface area contributed by atoms with Crippen molar-refractivity contribution in [2.75, 3.05) is 44.8 Å². The number of amides is 3. The molecule has 0 aliphatic heterocycles. The fourth-order valence-corrected chi connectivity index (χ4v) is 4.90. The normalized spacial score (nSPS) is 10.8. The monoisotopic (exact) mass is 627 g/mol. The summed E-state index contributed by atoms with van der Waals surface area (Å²) < 4.78 is 21.3. The van der Waals surface area contributed by atoms with Gasteiger partial charge in [0, 0.05) is 27.8 Å². The third-order valence-corrected chi connectivity index (χ3v) is 7.40. The molecule has 0 atom stereocenters. The number of benzene rings is 4. The first-order chi connectivity index (χ1) is 21.8. The molecule has 0 aromatic heterocycles. The molecule has 0 aliphatic rings. The van der Waals surface area contributed by atoms with Crippen LogP contribution in [0.1, 0.15) is 15.9 Å². The predicted molar refractivity (Wildman–Crippen MR) is 175 cm³/mol. The summed E-state index contributed by atoms with van der Waals surface area (Å²) in [4.78, 5) is 40.1. The van der Waals surface area contributed by atoms with E-state index in [1.165, 1.54) is 39.2 Å². The van der Waals surface area contributed by atoms with Crippen LogP contribution in [0.15, 0.2) is 102 Å². The first-order valence-corrected chi connectivity index (χ1v) is 14.7. The molecule has 0 aliphatic carbocycles. The average Bonchev–Trinajstić information content (AvgIpc) is 3.07. The Kier molecular flexibility index (Phi) is 11.5. The Hall–Kier alpha value is -5.42. The Morgan fingerprint density at radius 1 is 0.711 bits per heavy atom. The average molecular weight is 628 g/mol. The molecule has 0 bridgehead atoms. The maximum atomic E-state index is 13.6. The number of carbonyl (C=O) groups excluding carboxylic acids is 3. The molecule has 0 unspecified atom stereocenters. The Bertz CT molecular complexity index is 1690. The summed E-state index contributed by atoms with van der Waals surface area (Å²) in [5.41, 5.74) is 1.90. The highest BCUT2D eigenvalue weighted by atomic mass is 32.2. The molecular weight excluding hydrogens is 594 g/mol. The number of hydrogen-bond acceptors (Lipinski definition) is 8. The second kappa shape index (κ2) is 15.9. The quantitative estimate of drug-likeness (QED) is 0.124. The SMILES string of the molecule is COc1ccc(OC)c(/C=C(/NC(=O)c2ccccc2)C(=O)Nc2cccc(SCC(=O)Nc3ccc(OC)cc3OC)c2)c1. The molecule has 232 valence electrons. The van der Waals surface area contributed by atoms with Crippen molar-refractivity contribution in [2.45, 2.75) is 4.90 Å². The van der Waals surface area contributed by atoms with Crippen molar-refractivity contribution in [3.63, 3.8) is 0 Å². The summed E-state index contributed by atoms with van der Waals surface area (Å²) >= 11 is 1.29. The molecule has 45 heavy (non-hydrogen) atoms. The Morgan fingerprint density at radius 3 is 2.13 bits per heavy atom. The second-order valence-electron chi connectivity index (χ2n) is 9.37. The van der Waals surface area contributed by atoms with E-state index in [1.54, 1.807) is 92.0 Å². The lowest BCUT2D eigenvalue weighted by Gasteiger charge is -2.14. The number of carbonyl (C=O) groups is 3. The smallest absolute Gasteiger partial charge is 0.272 e. The minimum atomic E-state index is -0.560. The Balaban J connectivity index is 1.50. The van der Waals surface area contributed by atoms with Gasteiger partial charge in [-0.05, 0) is 66.7 Å². The summed E-state index contributed by atoms with van der Waals surface area (Å²) in [5, 5.41) is 8.41. The molecule has 0 heterocycles. The number of anilines is 2. The molecular formula is C34H33N3O7S. The van der Waals surface area contributed by atoms with E-state index >= 15 is 0 Å². The highest BCUT2D eigenvalue weighted by Gasteiger charge is 2.17. The fourth-order valence-electron chi connectivity index (χ4n) is 4.15. The summed E-state index contributed by atoms with van der Waals surface area (Å²) in [5.74, 6) is 0.984. The third-order valence-electron chi connectivity index (χ3n) is 6.41. The van der Waals surface area contributed by atoms with E-state index < -0.39 is 11.8 Å². The van der Waals surface area contributed by atoms with Gasteiger partial charge in [-0.15, -0.1) is 11.8 Å². The van der Waals surface area contributed by atoms with E-state index in [4.69, 9.17) is 18.9 Å². The molecule has 0 saturated carbocycles. The van der Waals surface area contributed by atoms with Crippen LogP contribution in [0.2, 0.25) is 0 Å². The third kappa shape index (κ3) is 9.04. The van der Waals surface area contributed by atoms with Crippen LogP contribution in [0.5, 0.6) is 23.0 Å². The highest BCUT2D eigenvalue weighted by Crippen LogP contribution is 2.30. The largest absolute Gasteiger partial charge is 0.497 e.